The molecule has 0 fully saturated rings. The number of nitrogens with one attached hydrogen (secondary N) is 1. The summed E-state index contributed by atoms with van der Waals surface area (Å²) < 4.78 is 29.3. The standard InChI is InChI=1S/C19H16FNO5/c1-12(18(22)21-11-13-5-4-10-24-13)25-19(23)17-9-8-16(26-17)14-6-2-3-7-15(14)20/h2-10,12H,11H2,1H3,(H,21,22)/t12-/m1/s1. The van der Waals surface area contributed by atoms with E-state index in [1.165, 1.54) is 37.5 Å². The van der Waals surface area contributed by atoms with Crippen molar-refractivity contribution < 1.29 is 27.6 Å². The molecule has 0 bridgehead atoms. The first-order valence-corrected chi connectivity index (χ1v) is 7.90. The molecule has 3 rings (SSSR count). The van der Waals surface area contributed by atoms with Crippen LogP contribution in [0, 0.1) is 5.82 Å². The second-order valence-corrected chi connectivity index (χ2v) is 5.49. The van der Waals surface area contributed by atoms with Crippen LogP contribution in [0.25, 0.3) is 11.3 Å². The quantitative estimate of drug-likeness (QED) is 0.683. The van der Waals surface area contributed by atoms with E-state index in [2.05, 4.69) is 5.32 Å². The fourth-order valence-electron chi connectivity index (χ4n) is 2.26. The van der Waals surface area contributed by atoms with E-state index in [4.69, 9.17) is 13.6 Å². The zero-order valence-electron chi connectivity index (χ0n) is 13.9. The number of furan rings is 2. The smallest absolute Gasteiger partial charge is 0.375 e. The summed E-state index contributed by atoms with van der Waals surface area (Å²) >= 11 is 0. The highest BCUT2D eigenvalue weighted by Gasteiger charge is 2.22. The van der Waals surface area contributed by atoms with E-state index < -0.39 is 23.8 Å². The van der Waals surface area contributed by atoms with Gasteiger partial charge in [-0.3, -0.25) is 4.79 Å². The van der Waals surface area contributed by atoms with Crippen LogP contribution in [-0.4, -0.2) is 18.0 Å². The molecule has 0 unspecified atom stereocenters. The maximum Gasteiger partial charge on any atom is 0.375 e. The van der Waals surface area contributed by atoms with Gasteiger partial charge in [0.2, 0.25) is 5.76 Å². The zero-order chi connectivity index (χ0) is 18.5. The highest BCUT2D eigenvalue weighted by molar-refractivity contribution is 5.90. The van der Waals surface area contributed by atoms with Crippen molar-refractivity contribution in [3.8, 4) is 11.3 Å². The van der Waals surface area contributed by atoms with Crippen LogP contribution in [0.3, 0.4) is 0 Å². The molecule has 2 heterocycles. The molecule has 26 heavy (non-hydrogen) atoms. The van der Waals surface area contributed by atoms with E-state index in [1.54, 1.807) is 24.3 Å². The lowest BCUT2D eigenvalue weighted by Gasteiger charge is -2.12. The Morgan fingerprint density at radius 2 is 1.96 bits per heavy atom. The van der Waals surface area contributed by atoms with E-state index in [9.17, 15) is 14.0 Å². The Morgan fingerprint density at radius 1 is 1.15 bits per heavy atom. The van der Waals surface area contributed by atoms with Crippen LogP contribution in [0.5, 0.6) is 0 Å². The lowest BCUT2D eigenvalue weighted by molar-refractivity contribution is -0.129. The Bertz CT molecular complexity index is 900. The molecular formula is C19H16FNO5. The van der Waals surface area contributed by atoms with Crippen molar-refractivity contribution in [1.29, 1.82) is 0 Å². The molecule has 3 aromatic rings. The SMILES string of the molecule is C[C@@H](OC(=O)c1ccc(-c2ccccc2F)o1)C(=O)NCc1ccco1. The van der Waals surface area contributed by atoms with Crippen LogP contribution in [0.15, 0.2) is 63.6 Å². The molecule has 1 aromatic carbocycles. The van der Waals surface area contributed by atoms with Crippen molar-refractivity contribution in [3.63, 3.8) is 0 Å². The summed E-state index contributed by atoms with van der Waals surface area (Å²) in [6, 6.07) is 12.3. The first-order valence-electron chi connectivity index (χ1n) is 7.90. The van der Waals surface area contributed by atoms with Gasteiger partial charge in [0.05, 0.1) is 18.4 Å². The average Bonchev–Trinajstić information content (AvgIpc) is 3.31. The molecule has 134 valence electrons. The predicted molar refractivity (Wildman–Crippen MR) is 89.5 cm³/mol. The number of carbonyl (C=O) groups is 2. The molecule has 0 aliphatic carbocycles. The summed E-state index contributed by atoms with van der Waals surface area (Å²) in [5, 5.41) is 2.59. The number of ether oxygens (including phenoxy) is 1. The molecule has 0 saturated carbocycles. The Kier molecular flexibility index (Phi) is 5.17. The second-order valence-electron chi connectivity index (χ2n) is 5.49. The summed E-state index contributed by atoms with van der Waals surface area (Å²) in [6.07, 6.45) is 0.467. The zero-order valence-corrected chi connectivity index (χ0v) is 13.9. The first-order chi connectivity index (χ1) is 12.5. The minimum atomic E-state index is -1.03. The van der Waals surface area contributed by atoms with Gasteiger partial charge in [0.1, 0.15) is 17.3 Å². The minimum Gasteiger partial charge on any atom is -0.467 e. The number of carbonyl (C=O) groups excluding carboxylic acids is 2. The van der Waals surface area contributed by atoms with Gasteiger partial charge in [-0.25, -0.2) is 9.18 Å². The van der Waals surface area contributed by atoms with Crippen LogP contribution in [0.4, 0.5) is 4.39 Å². The van der Waals surface area contributed by atoms with Crippen molar-refractivity contribution in [2.45, 2.75) is 19.6 Å². The molecule has 0 aliphatic heterocycles. The van der Waals surface area contributed by atoms with Gasteiger partial charge < -0.3 is 18.9 Å². The van der Waals surface area contributed by atoms with Crippen molar-refractivity contribution in [2.75, 3.05) is 0 Å². The summed E-state index contributed by atoms with van der Waals surface area (Å²) in [5.41, 5.74) is 0.232. The molecule has 0 radical (unpaired) electrons. The number of hydrogen-bond acceptors (Lipinski definition) is 5. The van der Waals surface area contributed by atoms with Crippen LogP contribution >= 0.6 is 0 Å². The molecule has 6 nitrogen and oxygen atoms in total. The van der Waals surface area contributed by atoms with E-state index >= 15 is 0 Å². The van der Waals surface area contributed by atoms with Crippen molar-refractivity contribution in [3.05, 3.63) is 72.1 Å². The van der Waals surface area contributed by atoms with E-state index in [1.807, 2.05) is 0 Å². The third kappa shape index (κ3) is 4.00. The lowest BCUT2D eigenvalue weighted by Crippen LogP contribution is -2.35. The highest BCUT2D eigenvalue weighted by atomic mass is 19.1. The highest BCUT2D eigenvalue weighted by Crippen LogP contribution is 2.25. The molecule has 1 N–H and O–H groups in total. The largest absolute Gasteiger partial charge is 0.467 e. The summed E-state index contributed by atoms with van der Waals surface area (Å²) in [5.74, 6) is -1.09. The molecule has 1 atom stereocenters. The van der Waals surface area contributed by atoms with E-state index in [-0.39, 0.29) is 23.6 Å². The minimum absolute atomic E-state index is 0.117. The summed E-state index contributed by atoms with van der Waals surface area (Å²) in [4.78, 5) is 24.1. The maximum absolute atomic E-state index is 13.8. The monoisotopic (exact) mass is 357 g/mol. The predicted octanol–water partition coefficient (Wildman–Crippen LogP) is 3.54. The average molecular weight is 357 g/mol. The number of hydrogen-bond donors (Lipinski definition) is 1. The Hall–Kier alpha value is -3.35. The van der Waals surface area contributed by atoms with Gasteiger partial charge >= 0.3 is 5.97 Å². The third-order valence-corrected chi connectivity index (χ3v) is 3.62. The van der Waals surface area contributed by atoms with Gasteiger partial charge in [-0.15, -0.1) is 0 Å². The first kappa shape index (κ1) is 17.5. The number of benzene rings is 1. The lowest BCUT2D eigenvalue weighted by atomic mass is 10.1. The molecule has 0 spiro atoms. The number of esters is 1. The van der Waals surface area contributed by atoms with Crippen molar-refractivity contribution in [1.82, 2.24) is 5.32 Å². The number of rotatable bonds is 6. The fraction of sp³-hybridized carbons (Fsp3) is 0.158. The second kappa shape index (κ2) is 7.69. The Morgan fingerprint density at radius 3 is 2.69 bits per heavy atom. The van der Waals surface area contributed by atoms with Gasteiger partial charge in [-0.05, 0) is 43.3 Å². The Balaban J connectivity index is 1.59. The van der Waals surface area contributed by atoms with Gasteiger partial charge in [0.15, 0.2) is 6.10 Å². The number of halogens is 1. The fourth-order valence-corrected chi connectivity index (χ4v) is 2.26. The molecule has 7 heteroatoms. The van der Waals surface area contributed by atoms with Gasteiger partial charge in [-0.2, -0.15) is 0 Å². The summed E-state index contributed by atoms with van der Waals surface area (Å²) in [7, 11) is 0. The summed E-state index contributed by atoms with van der Waals surface area (Å²) in [6.45, 7) is 1.63. The van der Waals surface area contributed by atoms with Crippen LogP contribution in [0.1, 0.15) is 23.2 Å². The molecule has 0 saturated heterocycles. The van der Waals surface area contributed by atoms with Crippen LogP contribution in [0.2, 0.25) is 0 Å². The number of amides is 1. The van der Waals surface area contributed by atoms with Gasteiger partial charge in [-0.1, -0.05) is 12.1 Å². The maximum atomic E-state index is 13.8. The normalized spacial score (nSPS) is 11.8. The molecule has 0 aliphatic rings. The van der Waals surface area contributed by atoms with Crippen molar-refractivity contribution in [2.24, 2.45) is 0 Å². The molecule has 2 aromatic heterocycles. The molecule has 1 amide bonds. The third-order valence-electron chi connectivity index (χ3n) is 3.62. The van der Waals surface area contributed by atoms with Crippen LogP contribution in [-0.2, 0) is 16.1 Å². The molecular weight excluding hydrogens is 341 g/mol. The van der Waals surface area contributed by atoms with E-state index in [0.717, 1.165) is 0 Å². The van der Waals surface area contributed by atoms with E-state index in [0.29, 0.717) is 5.76 Å². The van der Waals surface area contributed by atoms with Gasteiger partial charge in [0.25, 0.3) is 5.91 Å². The topological polar surface area (TPSA) is 81.7 Å². The van der Waals surface area contributed by atoms with Gasteiger partial charge in [0, 0.05) is 0 Å². The Labute approximate surface area is 148 Å². The van der Waals surface area contributed by atoms with Crippen LogP contribution < -0.4 is 5.32 Å². The van der Waals surface area contributed by atoms with Crippen molar-refractivity contribution >= 4 is 11.9 Å².